The molecule has 15 heavy (non-hydrogen) atoms. The molecule has 0 aliphatic rings. The van der Waals surface area contributed by atoms with E-state index in [0.29, 0.717) is 13.1 Å². The Morgan fingerprint density at radius 3 is 2.67 bits per heavy atom. The second kappa shape index (κ2) is 5.78. The van der Waals surface area contributed by atoms with Crippen LogP contribution in [0.1, 0.15) is 32.5 Å². The predicted octanol–water partition coefficient (Wildman–Crippen LogP) is 1.12. The molecular weight excluding hydrogens is 190 g/mol. The largest absolute Gasteiger partial charge is 0.389 e. The van der Waals surface area contributed by atoms with Gasteiger partial charge in [-0.15, -0.1) is 0 Å². The zero-order valence-electron chi connectivity index (χ0n) is 9.40. The van der Waals surface area contributed by atoms with Crippen molar-refractivity contribution < 1.29 is 5.11 Å². The number of aromatic nitrogens is 2. The quantitative estimate of drug-likeness (QED) is 0.737. The fourth-order valence-electron chi connectivity index (χ4n) is 1.49. The third-order valence-electron chi connectivity index (χ3n) is 2.20. The van der Waals surface area contributed by atoms with E-state index in [1.54, 1.807) is 18.5 Å². The van der Waals surface area contributed by atoms with E-state index in [-0.39, 0.29) is 0 Å². The first-order valence-corrected chi connectivity index (χ1v) is 5.33. The van der Waals surface area contributed by atoms with Crippen LogP contribution in [0.5, 0.6) is 0 Å². The lowest BCUT2D eigenvalue weighted by molar-refractivity contribution is 0.0496. The highest BCUT2D eigenvalue weighted by Gasteiger charge is 2.17. The average Bonchev–Trinajstić information content (AvgIpc) is 2.19. The zero-order valence-corrected chi connectivity index (χ0v) is 9.40. The topological polar surface area (TPSA) is 58.0 Å². The van der Waals surface area contributed by atoms with Gasteiger partial charge in [-0.1, -0.05) is 13.3 Å². The van der Waals surface area contributed by atoms with Crippen LogP contribution in [0, 0.1) is 0 Å². The van der Waals surface area contributed by atoms with Gasteiger partial charge in [-0.3, -0.25) is 0 Å². The molecule has 84 valence electrons. The van der Waals surface area contributed by atoms with Gasteiger partial charge in [0.25, 0.3) is 0 Å². The van der Waals surface area contributed by atoms with Gasteiger partial charge in [0.15, 0.2) is 0 Å². The number of hydrogen-bond donors (Lipinski definition) is 2. The van der Waals surface area contributed by atoms with Gasteiger partial charge in [0.05, 0.1) is 12.1 Å². The van der Waals surface area contributed by atoms with Crippen molar-refractivity contribution in [2.45, 2.75) is 38.8 Å². The third-order valence-corrected chi connectivity index (χ3v) is 2.20. The lowest BCUT2D eigenvalue weighted by Crippen LogP contribution is -2.37. The molecule has 0 saturated carbocycles. The Kier molecular flexibility index (Phi) is 4.65. The van der Waals surface area contributed by atoms with Crippen molar-refractivity contribution in [3.63, 3.8) is 0 Å². The molecular formula is C11H19N3O. The summed E-state index contributed by atoms with van der Waals surface area (Å²) in [7, 11) is 0. The van der Waals surface area contributed by atoms with Crippen LogP contribution in [0.2, 0.25) is 0 Å². The number of rotatable bonds is 6. The van der Waals surface area contributed by atoms with Crippen molar-refractivity contribution >= 4 is 0 Å². The van der Waals surface area contributed by atoms with Crippen molar-refractivity contribution in [1.29, 1.82) is 0 Å². The Bertz CT molecular complexity index is 274. The van der Waals surface area contributed by atoms with E-state index in [1.165, 1.54) is 0 Å². The summed E-state index contributed by atoms with van der Waals surface area (Å²) in [6.45, 7) is 5.07. The van der Waals surface area contributed by atoms with E-state index in [2.05, 4.69) is 22.2 Å². The van der Waals surface area contributed by atoms with Crippen LogP contribution in [0.25, 0.3) is 0 Å². The minimum atomic E-state index is -0.635. The highest BCUT2D eigenvalue weighted by atomic mass is 16.3. The van der Waals surface area contributed by atoms with Gasteiger partial charge in [-0.25, -0.2) is 9.97 Å². The Labute approximate surface area is 90.8 Å². The van der Waals surface area contributed by atoms with E-state index >= 15 is 0 Å². The van der Waals surface area contributed by atoms with E-state index < -0.39 is 5.60 Å². The molecule has 1 aromatic rings. The summed E-state index contributed by atoms with van der Waals surface area (Å²) >= 11 is 0. The Morgan fingerprint density at radius 2 is 2.07 bits per heavy atom. The minimum absolute atomic E-state index is 0.569. The number of hydrogen-bond acceptors (Lipinski definition) is 4. The van der Waals surface area contributed by atoms with Crippen molar-refractivity contribution in [3.8, 4) is 0 Å². The summed E-state index contributed by atoms with van der Waals surface area (Å²) in [6, 6.07) is 1.79. The van der Waals surface area contributed by atoms with Crippen molar-refractivity contribution in [1.82, 2.24) is 15.3 Å². The summed E-state index contributed by atoms with van der Waals surface area (Å²) < 4.78 is 0. The molecule has 1 heterocycles. The van der Waals surface area contributed by atoms with Gasteiger partial charge >= 0.3 is 0 Å². The summed E-state index contributed by atoms with van der Waals surface area (Å²) in [5.41, 5.74) is -0.635. The Morgan fingerprint density at radius 1 is 1.40 bits per heavy atom. The highest BCUT2D eigenvalue weighted by molar-refractivity contribution is 4.88. The van der Waals surface area contributed by atoms with Crippen LogP contribution >= 0.6 is 0 Å². The van der Waals surface area contributed by atoms with Crippen LogP contribution in [-0.2, 0) is 6.54 Å². The van der Waals surface area contributed by atoms with Crippen LogP contribution in [0.15, 0.2) is 18.5 Å². The maximum absolute atomic E-state index is 9.89. The summed E-state index contributed by atoms with van der Waals surface area (Å²) in [5.74, 6) is 0.754. The SMILES string of the molecule is CCCC(C)(O)CNCc1ncccn1. The first-order valence-electron chi connectivity index (χ1n) is 5.33. The first-order chi connectivity index (χ1) is 7.14. The fourth-order valence-corrected chi connectivity index (χ4v) is 1.49. The van der Waals surface area contributed by atoms with Crippen molar-refractivity contribution in [2.75, 3.05) is 6.54 Å². The molecule has 0 aromatic carbocycles. The summed E-state index contributed by atoms with van der Waals surface area (Å²) in [6.07, 6.45) is 5.22. The summed E-state index contributed by atoms with van der Waals surface area (Å²) in [5, 5.41) is 13.0. The van der Waals surface area contributed by atoms with Crippen LogP contribution < -0.4 is 5.32 Å². The molecule has 1 atom stereocenters. The Balaban J connectivity index is 2.27. The third kappa shape index (κ3) is 4.85. The molecule has 0 fully saturated rings. The van der Waals surface area contributed by atoms with E-state index in [4.69, 9.17) is 0 Å². The molecule has 0 aliphatic heterocycles. The van der Waals surface area contributed by atoms with Crippen molar-refractivity contribution in [2.24, 2.45) is 0 Å². The maximum Gasteiger partial charge on any atom is 0.141 e. The van der Waals surface area contributed by atoms with Gasteiger partial charge < -0.3 is 10.4 Å². The standard InChI is InChI=1S/C11H19N3O/c1-3-5-11(2,15)9-12-8-10-13-6-4-7-14-10/h4,6-7,12,15H,3,5,8-9H2,1-2H3. The van der Waals surface area contributed by atoms with Gasteiger partial charge in [0, 0.05) is 18.9 Å². The van der Waals surface area contributed by atoms with Crippen LogP contribution in [0.4, 0.5) is 0 Å². The second-order valence-electron chi connectivity index (χ2n) is 4.02. The molecule has 0 bridgehead atoms. The molecule has 0 spiro atoms. The molecule has 4 heteroatoms. The molecule has 0 aliphatic carbocycles. The van der Waals surface area contributed by atoms with Gasteiger partial charge in [0.1, 0.15) is 5.82 Å². The minimum Gasteiger partial charge on any atom is -0.389 e. The molecule has 0 radical (unpaired) electrons. The molecule has 1 aromatic heterocycles. The van der Waals surface area contributed by atoms with Crippen LogP contribution in [0.3, 0.4) is 0 Å². The lowest BCUT2D eigenvalue weighted by Gasteiger charge is -2.22. The summed E-state index contributed by atoms with van der Waals surface area (Å²) in [4.78, 5) is 8.18. The van der Waals surface area contributed by atoms with E-state index in [0.717, 1.165) is 18.7 Å². The Hall–Kier alpha value is -1.00. The molecule has 1 unspecified atom stereocenters. The van der Waals surface area contributed by atoms with Gasteiger partial charge in [-0.05, 0) is 19.4 Å². The number of nitrogens with one attached hydrogen (secondary N) is 1. The molecule has 0 amide bonds. The van der Waals surface area contributed by atoms with Crippen LogP contribution in [-0.4, -0.2) is 27.2 Å². The maximum atomic E-state index is 9.89. The predicted molar refractivity (Wildman–Crippen MR) is 59.3 cm³/mol. The lowest BCUT2D eigenvalue weighted by atomic mass is 10.0. The number of nitrogens with zero attached hydrogens (tertiary/aromatic N) is 2. The fraction of sp³-hybridized carbons (Fsp3) is 0.636. The van der Waals surface area contributed by atoms with Gasteiger partial charge in [-0.2, -0.15) is 0 Å². The molecule has 0 saturated heterocycles. The zero-order chi connectivity index (χ0) is 11.1. The van der Waals surface area contributed by atoms with E-state index in [9.17, 15) is 5.11 Å². The van der Waals surface area contributed by atoms with Crippen molar-refractivity contribution in [3.05, 3.63) is 24.3 Å². The average molecular weight is 209 g/mol. The monoisotopic (exact) mass is 209 g/mol. The first kappa shape index (κ1) is 12.1. The number of aliphatic hydroxyl groups is 1. The highest BCUT2D eigenvalue weighted by Crippen LogP contribution is 2.09. The van der Waals surface area contributed by atoms with E-state index in [1.807, 2.05) is 6.92 Å². The normalized spacial score (nSPS) is 14.9. The second-order valence-corrected chi connectivity index (χ2v) is 4.02. The molecule has 1 rings (SSSR count). The van der Waals surface area contributed by atoms with Gasteiger partial charge in [0.2, 0.25) is 0 Å². The smallest absolute Gasteiger partial charge is 0.141 e. The molecule has 2 N–H and O–H groups in total. The molecule has 4 nitrogen and oxygen atoms in total.